The number of nitrogens with zero attached hydrogens (tertiary/aromatic N) is 1. The van der Waals surface area contributed by atoms with Crippen LogP contribution in [0.5, 0.6) is 0 Å². The van der Waals surface area contributed by atoms with Crippen LogP contribution in [0.25, 0.3) is 0 Å². The Morgan fingerprint density at radius 2 is 2.36 bits per heavy atom. The third-order valence-corrected chi connectivity index (χ3v) is 2.65. The molecule has 2 N–H and O–H groups in total. The molecule has 0 aromatic heterocycles. The van der Waals surface area contributed by atoms with Gasteiger partial charge in [-0.15, -0.1) is 0 Å². The quantitative estimate of drug-likeness (QED) is 0.662. The van der Waals surface area contributed by atoms with Crippen LogP contribution < -0.4 is 5.32 Å². The molecule has 1 saturated heterocycles. The fourth-order valence-corrected chi connectivity index (χ4v) is 1.21. The van der Waals surface area contributed by atoms with Crippen LogP contribution in [0.15, 0.2) is 0 Å². The van der Waals surface area contributed by atoms with Crippen LogP contribution in [0.3, 0.4) is 0 Å². The van der Waals surface area contributed by atoms with E-state index in [1.807, 2.05) is 25.8 Å². The molecule has 0 aromatic carbocycles. The summed E-state index contributed by atoms with van der Waals surface area (Å²) in [7, 11) is 1.91. The molecule has 1 unspecified atom stereocenters. The number of ether oxygens (including phenoxy) is 1. The first kappa shape index (κ1) is 11.3. The second-order valence-corrected chi connectivity index (χ2v) is 4.26. The van der Waals surface area contributed by atoms with E-state index in [0.29, 0.717) is 13.1 Å². The second kappa shape index (κ2) is 4.14. The van der Waals surface area contributed by atoms with Crippen LogP contribution in [0, 0.1) is 0 Å². The average molecular weight is 202 g/mol. The van der Waals surface area contributed by atoms with Crippen LogP contribution >= 0.6 is 0 Å². The SMILES string of the molecule is CN(CC1CNC(=O)O1)C(C)(C)CO. The first-order chi connectivity index (χ1) is 6.45. The maximum absolute atomic E-state index is 10.8. The van der Waals surface area contributed by atoms with E-state index >= 15 is 0 Å². The number of hydrogen-bond donors (Lipinski definition) is 2. The molecule has 1 rings (SSSR count). The Balaban J connectivity index is 2.40. The molecule has 1 aliphatic heterocycles. The fourth-order valence-electron chi connectivity index (χ4n) is 1.21. The maximum Gasteiger partial charge on any atom is 0.407 e. The van der Waals surface area contributed by atoms with Crippen LogP contribution in [0.4, 0.5) is 4.79 Å². The number of aliphatic hydroxyl groups excluding tert-OH is 1. The second-order valence-electron chi connectivity index (χ2n) is 4.26. The summed E-state index contributed by atoms with van der Waals surface area (Å²) in [6.45, 7) is 5.14. The molecule has 14 heavy (non-hydrogen) atoms. The molecule has 82 valence electrons. The predicted molar refractivity (Wildman–Crippen MR) is 52.1 cm³/mol. The zero-order chi connectivity index (χ0) is 10.8. The van der Waals surface area contributed by atoms with E-state index in [-0.39, 0.29) is 24.3 Å². The van der Waals surface area contributed by atoms with Gasteiger partial charge in [-0.1, -0.05) is 0 Å². The number of hydrogen-bond acceptors (Lipinski definition) is 4. The van der Waals surface area contributed by atoms with E-state index in [4.69, 9.17) is 9.84 Å². The van der Waals surface area contributed by atoms with Gasteiger partial charge in [0.15, 0.2) is 0 Å². The van der Waals surface area contributed by atoms with Crippen molar-refractivity contribution in [3.8, 4) is 0 Å². The average Bonchev–Trinajstić information content (AvgIpc) is 2.51. The highest BCUT2D eigenvalue weighted by Crippen LogP contribution is 2.13. The number of cyclic esters (lactones) is 1. The molecule has 0 bridgehead atoms. The van der Waals surface area contributed by atoms with E-state index in [1.165, 1.54) is 0 Å². The van der Waals surface area contributed by atoms with Crippen molar-refractivity contribution in [3.05, 3.63) is 0 Å². The van der Waals surface area contributed by atoms with E-state index in [0.717, 1.165) is 0 Å². The molecule has 0 aromatic rings. The first-order valence-electron chi connectivity index (χ1n) is 4.72. The van der Waals surface area contributed by atoms with Crippen LogP contribution in [-0.4, -0.2) is 54.5 Å². The molecule has 1 fully saturated rings. The molecule has 0 spiro atoms. The van der Waals surface area contributed by atoms with E-state index in [2.05, 4.69) is 5.32 Å². The third-order valence-electron chi connectivity index (χ3n) is 2.65. The Bertz CT molecular complexity index is 218. The van der Waals surface area contributed by atoms with Crippen molar-refractivity contribution in [2.75, 3.05) is 26.7 Å². The summed E-state index contributed by atoms with van der Waals surface area (Å²) in [6, 6.07) is 0. The van der Waals surface area contributed by atoms with Gasteiger partial charge in [0.25, 0.3) is 0 Å². The van der Waals surface area contributed by atoms with Crippen molar-refractivity contribution >= 4 is 6.09 Å². The normalized spacial score (nSPS) is 22.4. The summed E-state index contributed by atoms with van der Waals surface area (Å²) in [5.41, 5.74) is -0.283. The number of likely N-dealkylation sites (N-methyl/N-ethyl adjacent to an activating group) is 1. The number of rotatable bonds is 4. The number of aliphatic hydroxyl groups is 1. The lowest BCUT2D eigenvalue weighted by molar-refractivity contribution is 0.0422. The Hall–Kier alpha value is -0.810. The highest BCUT2D eigenvalue weighted by Gasteiger charge is 2.29. The first-order valence-corrected chi connectivity index (χ1v) is 4.72. The zero-order valence-corrected chi connectivity index (χ0v) is 8.91. The van der Waals surface area contributed by atoms with E-state index in [9.17, 15) is 4.79 Å². The summed E-state index contributed by atoms with van der Waals surface area (Å²) in [4.78, 5) is 12.7. The topological polar surface area (TPSA) is 61.8 Å². The van der Waals surface area contributed by atoms with Crippen molar-refractivity contribution in [2.45, 2.75) is 25.5 Å². The van der Waals surface area contributed by atoms with Crippen molar-refractivity contribution in [1.82, 2.24) is 10.2 Å². The Kier molecular flexibility index (Phi) is 3.34. The number of carbonyl (C=O) groups excluding carboxylic acids is 1. The molecule has 0 radical (unpaired) electrons. The lowest BCUT2D eigenvalue weighted by Crippen LogP contribution is -2.48. The summed E-state index contributed by atoms with van der Waals surface area (Å²) in [5.74, 6) is 0. The Morgan fingerprint density at radius 1 is 1.71 bits per heavy atom. The van der Waals surface area contributed by atoms with Gasteiger partial charge in [0, 0.05) is 12.1 Å². The number of carbonyl (C=O) groups is 1. The number of alkyl carbamates (subject to hydrolysis) is 1. The van der Waals surface area contributed by atoms with Crippen LogP contribution in [0.1, 0.15) is 13.8 Å². The molecule has 5 nitrogen and oxygen atoms in total. The summed E-state index contributed by atoms with van der Waals surface area (Å²) >= 11 is 0. The number of nitrogens with one attached hydrogen (secondary N) is 1. The van der Waals surface area contributed by atoms with Crippen LogP contribution in [0.2, 0.25) is 0 Å². The molecule has 0 saturated carbocycles. The summed E-state index contributed by atoms with van der Waals surface area (Å²) < 4.78 is 5.00. The van der Waals surface area contributed by atoms with Gasteiger partial charge in [-0.25, -0.2) is 4.79 Å². The van der Waals surface area contributed by atoms with Crippen molar-refractivity contribution < 1.29 is 14.6 Å². The lowest BCUT2D eigenvalue weighted by Gasteiger charge is -2.34. The van der Waals surface area contributed by atoms with Crippen molar-refractivity contribution in [2.24, 2.45) is 0 Å². The van der Waals surface area contributed by atoms with Crippen LogP contribution in [-0.2, 0) is 4.74 Å². The Labute approximate surface area is 84.0 Å². The fraction of sp³-hybridized carbons (Fsp3) is 0.889. The van der Waals surface area contributed by atoms with Gasteiger partial charge >= 0.3 is 6.09 Å². The zero-order valence-electron chi connectivity index (χ0n) is 8.91. The minimum atomic E-state index is -0.356. The van der Waals surface area contributed by atoms with Gasteiger partial charge in [-0.3, -0.25) is 4.90 Å². The molecule has 1 heterocycles. The largest absolute Gasteiger partial charge is 0.443 e. The smallest absolute Gasteiger partial charge is 0.407 e. The van der Waals surface area contributed by atoms with E-state index < -0.39 is 0 Å². The molecular weight excluding hydrogens is 184 g/mol. The molecule has 1 amide bonds. The standard InChI is InChI=1S/C9H18N2O3/c1-9(2,6-12)11(3)5-7-4-10-8(13)14-7/h7,12H,4-6H2,1-3H3,(H,10,13). The maximum atomic E-state index is 10.8. The minimum Gasteiger partial charge on any atom is -0.443 e. The van der Waals surface area contributed by atoms with Gasteiger partial charge in [-0.05, 0) is 20.9 Å². The van der Waals surface area contributed by atoms with E-state index in [1.54, 1.807) is 0 Å². The van der Waals surface area contributed by atoms with Gasteiger partial charge < -0.3 is 15.2 Å². The molecule has 1 atom stereocenters. The summed E-state index contributed by atoms with van der Waals surface area (Å²) in [5, 5.41) is 11.7. The van der Waals surface area contributed by atoms with Gasteiger partial charge in [0.1, 0.15) is 6.10 Å². The third kappa shape index (κ3) is 2.59. The minimum absolute atomic E-state index is 0.0809. The molecule has 5 heteroatoms. The monoisotopic (exact) mass is 202 g/mol. The van der Waals surface area contributed by atoms with Gasteiger partial charge in [0.05, 0.1) is 13.2 Å². The van der Waals surface area contributed by atoms with Crippen molar-refractivity contribution in [1.29, 1.82) is 0 Å². The van der Waals surface area contributed by atoms with Gasteiger partial charge in [-0.2, -0.15) is 0 Å². The number of amides is 1. The van der Waals surface area contributed by atoms with Crippen molar-refractivity contribution in [3.63, 3.8) is 0 Å². The molecule has 1 aliphatic rings. The highest BCUT2D eigenvalue weighted by atomic mass is 16.6. The molecule has 0 aliphatic carbocycles. The highest BCUT2D eigenvalue weighted by molar-refractivity contribution is 5.69. The predicted octanol–water partition coefficient (Wildman–Crippen LogP) is -0.203. The Morgan fingerprint density at radius 3 is 2.79 bits per heavy atom. The summed E-state index contributed by atoms with van der Waals surface area (Å²) in [6.07, 6.45) is -0.469. The van der Waals surface area contributed by atoms with Gasteiger partial charge in [0.2, 0.25) is 0 Å². The lowest BCUT2D eigenvalue weighted by atomic mass is 10.0. The molecular formula is C9H18N2O3.